The standard InChI is InChI=1S/C19H23BrN2O4S/c1-26-13-5-12-21-19(23)18(14-15-6-3-2-4-7-15)22-27(24,25)17-10-8-16(20)9-11-17/h2-4,6-11,18,22H,5,12-14H2,1H3,(H,21,23). The second-order valence-electron chi connectivity index (χ2n) is 5.95. The first kappa shape index (κ1) is 21.6. The molecule has 2 aromatic carbocycles. The number of hydrogen-bond donors (Lipinski definition) is 2. The maximum absolute atomic E-state index is 12.7. The Bertz CT molecular complexity index is 827. The summed E-state index contributed by atoms with van der Waals surface area (Å²) in [7, 11) is -2.24. The molecule has 1 atom stereocenters. The molecule has 2 aromatic rings. The van der Waals surface area contributed by atoms with E-state index in [1.807, 2.05) is 30.3 Å². The smallest absolute Gasteiger partial charge is 0.241 e. The van der Waals surface area contributed by atoms with E-state index < -0.39 is 16.1 Å². The van der Waals surface area contributed by atoms with Crippen LogP contribution in [-0.2, 0) is 26.0 Å². The van der Waals surface area contributed by atoms with Crippen LogP contribution in [0.2, 0.25) is 0 Å². The van der Waals surface area contributed by atoms with E-state index in [-0.39, 0.29) is 17.2 Å². The molecule has 6 nitrogen and oxygen atoms in total. The second kappa shape index (κ2) is 10.6. The van der Waals surface area contributed by atoms with Gasteiger partial charge >= 0.3 is 0 Å². The minimum Gasteiger partial charge on any atom is -0.385 e. The fourth-order valence-corrected chi connectivity index (χ4v) is 3.92. The maximum Gasteiger partial charge on any atom is 0.241 e. The van der Waals surface area contributed by atoms with Gasteiger partial charge in [0.05, 0.1) is 4.90 Å². The number of amides is 1. The van der Waals surface area contributed by atoms with Crippen molar-refractivity contribution >= 4 is 31.9 Å². The Hall–Kier alpha value is -1.74. The summed E-state index contributed by atoms with van der Waals surface area (Å²) in [6, 6.07) is 14.7. The lowest BCUT2D eigenvalue weighted by Crippen LogP contribution is -2.48. The molecule has 146 valence electrons. The average molecular weight is 455 g/mol. The molecular weight excluding hydrogens is 432 g/mol. The summed E-state index contributed by atoms with van der Waals surface area (Å²) in [4.78, 5) is 12.7. The van der Waals surface area contributed by atoms with Crippen molar-refractivity contribution in [1.29, 1.82) is 0 Å². The SMILES string of the molecule is COCCCNC(=O)C(Cc1ccccc1)NS(=O)(=O)c1ccc(Br)cc1. The number of benzene rings is 2. The van der Waals surface area contributed by atoms with Crippen molar-refractivity contribution in [2.24, 2.45) is 0 Å². The summed E-state index contributed by atoms with van der Waals surface area (Å²) in [6.45, 7) is 0.937. The monoisotopic (exact) mass is 454 g/mol. The summed E-state index contributed by atoms with van der Waals surface area (Å²) < 4.78 is 33.7. The summed E-state index contributed by atoms with van der Waals surface area (Å²) in [5.41, 5.74) is 0.869. The van der Waals surface area contributed by atoms with E-state index in [0.29, 0.717) is 19.6 Å². The average Bonchev–Trinajstić information content (AvgIpc) is 2.65. The number of nitrogens with one attached hydrogen (secondary N) is 2. The zero-order valence-electron chi connectivity index (χ0n) is 15.0. The number of hydrogen-bond acceptors (Lipinski definition) is 4. The summed E-state index contributed by atoms with van der Waals surface area (Å²) in [5, 5.41) is 2.77. The van der Waals surface area contributed by atoms with E-state index in [4.69, 9.17) is 4.74 Å². The van der Waals surface area contributed by atoms with Crippen LogP contribution in [0.1, 0.15) is 12.0 Å². The van der Waals surface area contributed by atoms with Gasteiger partial charge in [0.15, 0.2) is 0 Å². The van der Waals surface area contributed by atoms with E-state index in [9.17, 15) is 13.2 Å². The van der Waals surface area contributed by atoms with Gasteiger partial charge in [0.1, 0.15) is 6.04 Å². The van der Waals surface area contributed by atoms with Gasteiger partial charge in [-0.25, -0.2) is 8.42 Å². The fraction of sp³-hybridized carbons (Fsp3) is 0.316. The van der Waals surface area contributed by atoms with Crippen molar-refractivity contribution in [3.05, 3.63) is 64.6 Å². The number of carbonyl (C=O) groups excluding carboxylic acids is 1. The molecule has 2 N–H and O–H groups in total. The topological polar surface area (TPSA) is 84.5 Å². The zero-order valence-corrected chi connectivity index (χ0v) is 17.4. The molecule has 0 aliphatic heterocycles. The van der Waals surface area contributed by atoms with Gasteiger partial charge in [0.25, 0.3) is 0 Å². The number of rotatable bonds is 10. The summed E-state index contributed by atoms with van der Waals surface area (Å²) in [6.07, 6.45) is 0.909. The highest BCUT2D eigenvalue weighted by Gasteiger charge is 2.25. The van der Waals surface area contributed by atoms with Gasteiger partial charge < -0.3 is 10.1 Å². The Morgan fingerprint density at radius 2 is 1.78 bits per heavy atom. The van der Waals surface area contributed by atoms with E-state index in [1.54, 1.807) is 19.2 Å². The van der Waals surface area contributed by atoms with Gasteiger partial charge in [-0.2, -0.15) is 4.72 Å². The maximum atomic E-state index is 12.7. The van der Waals surface area contributed by atoms with Crippen molar-refractivity contribution in [2.45, 2.75) is 23.8 Å². The van der Waals surface area contributed by atoms with Crippen LogP contribution < -0.4 is 10.0 Å². The van der Waals surface area contributed by atoms with Crippen LogP contribution in [0.15, 0.2) is 64.0 Å². The van der Waals surface area contributed by atoms with Gasteiger partial charge in [0.2, 0.25) is 15.9 Å². The first-order valence-corrected chi connectivity index (χ1v) is 10.8. The molecule has 1 amide bonds. The predicted octanol–water partition coefficient (Wildman–Crippen LogP) is 2.49. The van der Waals surface area contributed by atoms with Crippen LogP contribution >= 0.6 is 15.9 Å². The summed E-state index contributed by atoms with van der Waals surface area (Å²) in [5.74, 6) is -0.365. The molecule has 2 rings (SSSR count). The molecule has 8 heteroatoms. The Morgan fingerprint density at radius 1 is 1.11 bits per heavy atom. The molecule has 0 aliphatic carbocycles. The number of halogens is 1. The van der Waals surface area contributed by atoms with Crippen molar-refractivity contribution in [3.8, 4) is 0 Å². The van der Waals surface area contributed by atoms with Crippen molar-refractivity contribution in [1.82, 2.24) is 10.0 Å². The predicted molar refractivity (Wildman–Crippen MR) is 108 cm³/mol. The molecule has 0 bridgehead atoms. The highest BCUT2D eigenvalue weighted by molar-refractivity contribution is 9.10. The lowest BCUT2D eigenvalue weighted by atomic mass is 10.1. The van der Waals surface area contributed by atoms with Crippen LogP contribution in [0.4, 0.5) is 0 Å². The van der Waals surface area contributed by atoms with E-state index in [1.165, 1.54) is 12.1 Å². The quantitative estimate of drug-likeness (QED) is 0.540. The molecule has 1 unspecified atom stereocenters. The molecule has 0 aromatic heterocycles. The van der Waals surface area contributed by atoms with Gasteiger partial charge in [-0.1, -0.05) is 46.3 Å². The van der Waals surface area contributed by atoms with Crippen molar-refractivity contribution in [3.63, 3.8) is 0 Å². The fourth-order valence-electron chi connectivity index (χ4n) is 2.46. The highest BCUT2D eigenvalue weighted by atomic mass is 79.9. The first-order chi connectivity index (χ1) is 12.9. The van der Waals surface area contributed by atoms with Crippen LogP contribution in [0.25, 0.3) is 0 Å². The second-order valence-corrected chi connectivity index (χ2v) is 8.58. The molecule has 0 fully saturated rings. The molecule has 0 spiro atoms. The lowest BCUT2D eigenvalue weighted by molar-refractivity contribution is -0.122. The Morgan fingerprint density at radius 3 is 2.41 bits per heavy atom. The zero-order chi connectivity index (χ0) is 19.7. The molecule has 0 heterocycles. The van der Waals surface area contributed by atoms with Crippen LogP contribution in [0.3, 0.4) is 0 Å². The molecule has 0 radical (unpaired) electrons. The van der Waals surface area contributed by atoms with Crippen molar-refractivity contribution < 1.29 is 17.9 Å². The van der Waals surface area contributed by atoms with E-state index >= 15 is 0 Å². The normalized spacial score (nSPS) is 12.5. The Kier molecular flexibility index (Phi) is 8.43. The van der Waals surface area contributed by atoms with Crippen LogP contribution in [0.5, 0.6) is 0 Å². The Balaban J connectivity index is 2.15. The number of ether oxygens (including phenoxy) is 1. The third-order valence-corrected chi connectivity index (χ3v) is 5.86. The molecular formula is C19H23BrN2O4S. The van der Waals surface area contributed by atoms with Gasteiger partial charge in [-0.05, 0) is 42.7 Å². The number of methoxy groups -OCH3 is 1. The largest absolute Gasteiger partial charge is 0.385 e. The van der Waals surface area contributed by atoms with Gasteiger partial charge in [-0.3, -0.25) is 4.79 Å². The third kappa shape index (κ3) is 7.06. The third-order valence-electron chi connectivity index (χ3n) is 3.84. The lowest BCUT2D eigenvalue weighted by Gasteiger charge is -2.19. The van der Waals surface area contributed by atoms with Gasteiger partial charge in [-0.15, -0.1) is 0 Å². The minimum atomic E-state index is -3.83. The van der Waals surface area contributed by atoms with Crippen molar-refractivity contribution in [2.75, 3.05) is 20.3 Å². The molecule has 27 heavy (non-hydrogen) atoms. The first-order valence-electron chi connectivity index (χ1n) is 8.51. The van der Waals surface area contributed by atoms with E-state index in [0.717, 1.165) is 10.0 Å². The number of sulfonamides is 1. The van der Waals surface area contributed by atoms with Crippen LogP contribution in [-0.4, -0.2) is 40.6 Å². The minimum absolute atomic E-state index is 0.107. The highest BCUT2D eigenvalue weighted by Crippen LogP contribution is 2.15. The van der Waals surface area contributed by atoms with Crippen LogP contribution in [0, 0.1) is 0 Å². The van der Waals surface area contributed by atoms with Gasteiger partial charge in [0, 0.05) is 24.7 Å². The molecule has 0 saturated heterocycles. The van der Waals surface area contributed by atoms with E-state index in [2.05, 4.69) is 26.0 Å². The Labute approximate surface area is 168 Å². The molecule has 0 aliphatic rings. The number of carbonyl (C=O) groups is 1. The molecule has 0 saturated carbocycles. The summed E-state index contributed by atoms with van der Waals surface area (Å²) >= 11 is 3.28.